The molecule has 1 aliphatic heterocycles. The van der Waals surface area contributed by atoms with Crippen molar-refractivity contribution in [1.82, 2.24) is 9.88 Å². The quantitative estimate of drug-likeness (QED) is 0.465. The van der Waals surface area contributed by atoms with E-state index in [0.29, 0.717) is 40.3 Å². The Balaban J connectivity index is 1.28. The van der Waals surface area contributed by atoms with Gasteiger partial charge in [-0.15, -0.1) is 0 Å². The van der Waals surface area contributed by atoms with E-state index in [1.54, 1.807) is 18.3 Å². The number of pyridine rings is 1. The van der Waals surface area contributed by atoms with Gasteiger partial charge in [-0.05, 0) is 82.2 Å². The maximum Gasteiger partial charge on any atom is 0.255 e. The van der Waals surface area contributed by atoms with Gasteiger partial charge in [0.15, 0.2) is 0 Å². The summed E-state index contributed by atoms with van der Waals surface area (Å²) in [5.41, 5.74) is 3.13. The molecule has 1 saturated heterocycles. The summed E-state index contributed by atoms with van der Waals surface area (Å²) < 4.78 is 14.0. The minimum absolute atomic E-state index is 0.0185. The van der Waals surface area contributed by atoms with Gasteiger partial charge >= 0.3 is 0 Å². The topological polar surface area (TPSA) is 65.5 Å². The highest BCUT2D eigenvalue weighted by atomic mass is 79.9. The third-order valence-electron chi connectivity index (χ3n) is 6.25. The van der Waals surface area contributed by atoms with Gasteiger partial charge in [0, 0.05) is 39.1 Å². The van der Waals surface area contributed by atoms with Gasteiger partial charge in [0.1, 0.15) is 11.6 Å². The van der Waals surface area contributed by atoms with Crippen LogP contribution in [0.4, 0.5) is 15.9 Å². The molecule has 0 atom stereocenters. The summed E-state index contributed by atoms with van der Waals surface area (Å²) in [4.78, 5) is 33.3. The average molecular weight is 539 g/mol. The molecule has 0 saturated carbocycles. The number of aromatic nitrogens is 1. The minimum atomic E-state index is -0.383. The summed E-state index contributed by atoms with van der Waals surface area (Å²) >= 11 is 3.12. The highest BCUT2D eigenvalue weighted by Gasteiger charge is 2.25. The summed E-state index contributed by atoms with van der Waals surface area (Å²) in [5.74, 6) is 0.626. The van der Waals surface area contributed by atoms with E-state index in [9.17, 15) is 14.0 Å². The van der Waals surface area contributed by atoms with Crippen LogP contribution in [0.15, 0.2) is 65.3 Å². The SMILES string of the molecule is CN(C)c1ccc(C(=O)N2CCC(c3ccc(NC(=O)Cc4ccc(Br)c(F)c4)cc3)CC2)cn1. The van der Waals surface area contributed by atoms with Gasteiger partial charge in [-0.2, -0.15) is 0 Å². The second kappa shape index (κ2) is 11.0. The van der Waals surface area contributed by atoms with Crippen LogP contribution in [-0.2, 0) is 11.2 Å². The second-order valence-corrected chi connectivity index (χ2v) is 9.82. The number of nitrogens with one attached hydrogen (secondary N) is 1. The number of hydrogen-bond donors (Lipinski definition) is 1. The molecule has 4 rings (SSSR count). The molecule has 0 spiro atoms. The van der Waals surface area contributed by atoms with Crippen molar-refractivity contribution < 1.29 is 14.0 Å². The van der Waals surface area contributed by atoms with Gasteiger partial charge in [0.25, 0.3) is 5.91 Å². The molecule has 1 aromatic heterocycles. The van der Waals surface area contributed by atoms with Crippen LogP contribution in [-0.4, -0.2) is 48.9 Å². The Morgan fingerprint density at radius 1 is 1.09 bits per heavy atom. The predicted octanol–water partition coefficient (Wildman–Crippen LogP) is 5.25. The Hall–Kier alpha value is -3.26. The molecule has 8 heteroatoms. The number of amides is 2. The Labute approximate surface area is 213 Å². The fourth-order valence-corrected chi connectivity index (χ4v) is 4.50. The Bertz CT molecular complexity index is 1190. The fraction of sp³-hybridized carbons (Fsp3) is 0.296. The van der Waals surface area contributed by atoms with Crippen LogP contribution in [0.25, 0.3) is 0 Å². The maximum atomic E-state index is 13.7. The first-order valence-corrected chi connectivity index (χ1v) is 12.4. The van der Waals surface area contributed by atoms with Crippen LogP contribution in [0.3, 0.4) is 0 Å². The number of carbonyl (C=O) groups excluding carboxylic acids is 2. The summed E-state index contributed by atoms with van der Waals surface area (Å²) in [6, 6.07) is 16.2. The van der Waals surface area contributed by atoms with Gasteiger partial charge in [-0.1, -0.05) is 18.2 Å². The number of likely N-dealkylation sites (tertiary alicyclic amines) is 1. The number of rotatable bonds is 6. The number of piperidine rings is 1. The van der Waals surface area contributed by atoms with Gasteiger partial charge in [0.2, 0.25) is 5.91 Å². The molecule has 1 fully saturated rings. The van der Waals surface area contributed by atoms with Crippen molar-refractivity contribution in [2.45, 2.75) is 25.2 Å². The molecule has 0 unspecified atom stereocenters. The lowest BCUT2D eigenvalue weighted by Gasteiger charge is -2.32. The van der Waals surface area contributed by atoms with E-state index in [-0.39, 0.29) is 24.1 Å². The average Bonchev–Trinajstić information content (AvgIpc) is 2.86. The highest BCUT2D eigenvalue weighted by Crippen LogP contribution is 2.29. The van der Waals surface area contributed by atoms with Crippen LogP contribution < -0.4 is 10.2 Å². The molecule has 2 aromatic carbocycles. The first-order valence-electron chi connectivity index (χ1n) is 11.6. The largest absolute Gasteiger partial charge is 0.363 e. The van der Waals surface area contributed by atoms with Crippen molar-refractivity contribution in [3.05, 3.63) is 87.8 Å². The predicted molar refractivity (Wildman–Crippen MR) is 139 cm³/mol. The third kappa shape index (κ3) is 6.25. The van der Waals surface area contributed by atoms with Gasteiger partial charge in [-0.25, -0.2) is 9.37 Å². The molecular weight excluding hydrogens is 511 g/mol. The first-order chi connectivity index (χ1) is 16.8. The van der Waals surface area contributed by atoms with E-state index in [0.717, 1.165) is 18.7 Å². The van der Waals surface area contributed by atoms with Crippen molar-refractivity contribution in [2.24, 2.45) is 0 Å². The summed E-state index contributed by atoms with van der Waals surface area (Å²) in [7, 11) is 3.84. The lowest BCUT2D eigenvalue weighted by molar-refractivity contribution is -0.115. The number of carbonyl (C=O) groups is 2. The van der Waals surface area contributed by atoms with E-state index in [1.807, 2.05) is 60.3 Å². The van der Waals surface area contributed by atoms with Crippen molar-refractivity contribution in [1.29, 1.82) is 0 Å². The van der Waals surface area contributed by atoms with Gasteiger partial charge in [0.05, 0.1) is 16.5 Å². The molecule has 6 nitrogen and oxygen atoms in total. The van der Waals surface area contributed by atoms with E-state index in [2.05, 4.69) is 26.2 Å². The molecule has 1 aliphatic rings. The summed E-state index contributed by atoms with van der Waals surface area (Å²) in [6.07, 6.45) is 3.52. The van der Waals surface area contributed by atoms with Crippen molar-refractivity contribution >= 4 is 39.2 Å². The molecule has 0 bridgehead atoms. The number of nitrogens with zero attached hydrogens (tertiary/aromatic N) is 3. The zero-order valence-corrected chi connectivity index (χ0v) is 21.4. The zero-order chi connectivity index (χ0) is 24.9. The Morgan fingerprint density at radius 3 is 2.40 bits per heavy atom. The van der Waals surface area contributed by atoms with Gasteiger partial charge in [-0.3, -0.25) is 9.59 Å². The normalized spacial score (nSPS) is 14.0. The van der Waals surface area contributed by atoms with Crippen LogP contribution in [0.1, 0.15) is 40.2 Å². The van der Waals surface area contributed by atoms with Gasteiger partial charge < -0.3 is 15.1 Å². The number of benzene rings is 2. The summed E-state index contributed by atoms with van der Waals surface area (Å²) in [5, 5.41) is 2.87. The molecule has 0 radical (unpaired) electrons. The number of halogens is 2. The molecule has 2 amide bonds. The zero-order valence-electron chi connectivity index (χ0n) is 19.8. The van der Waals surface area contributed by atoms with E-state index >= 15 is 0 Å². The lowest BCUT2D eigenvalue weighted by atomic mass is 9.89. The standard InChI is InChI=1S/C27H28BrFN4O2/c1-32(2)25-10-6-21(17-30-25)27(35)33-13-11-20(12-14-33)19-4-7-22(8-5-19)31-26(34)16-18-3-9-23(28)24(29)15-18/h3-10,15,17,20H,11-14,16H2,1-2H3,(H,31,34). The minimum Gasteiger partial charge on any atom is -0.363 e. The number of anilines is 2. The lowest BCUT2D eigenvalue weighted by Crippen LogP contribution is -2.38. The van der Waals surface area contributed by atoms with Crippen LogP contribution in [0.5, 0.6) is 0 Å². The van der Waals surface area contributed by atoms with Crippen LogP contribution in [0.2, 0.25) is 0 Å². The smallest absolute Gasteiger partial charge is 0.255 e. The van der Waals surface area contributed by atoms with Crippen molar-refractivity contribution in [3.8, 4) is 0 Å². The fourth-order valence-electron chi connectivity index (χ4n) is 4.25. The molecular formula is C27H28BrFN4O2. The number of hydrogen-bond acceptors (Lipinski definition) is 4. The third-order valence-corrected chi connectivity index (χ3v) is 6.89. The van der Waals surface area contributed by atoms with Crippen LogP contribution in [0, 0.1) is 5.82 Å². The van der Waals surface area contributed by atoms with E-state index < -0.39 is 0 Å². The second-order valence-electron chi connectivity index (χ2n) is 8.96. The Morgan fingerprint density at radius 2 is 1.80 bits per heavy atom. The molecule has 35 heavy (non-hydrogen) atoms. The van der Waals surface area contributed by atoms with E-state index in [4.69, 9.17) is 0 Å². The molecule has 182 valence electrons. The maximum absolute atomic E-state index is 13.7. The van der Waals surface area contributed by atoms with Crippen molar-refractivity contribution in [3.63, 3.8) is 0 Å². The molecule has 1 N–H and O–H groups in total. The highest BCUT2D eigenvalue weighted by molar-refractivity contribution is 9.10. The molecule has 2 heterocycles. The van der Waals surface area contributed by atoms with E-state index in [1.165, 1.54) is 11.6 Å². The monoisotopic (exact) mass is 538 g/mol. The molecule has 0 aliphatic carbocycles. The summed E-state index contributed by atoms with van der Waals surface area (Å²) in [6.45, 7) is 1.39. The Kier molecular flexibility index (Phi) is 7.80. The first kappa shape index (κ1) is 24.9. The molecule has 3 aromatic rings. The van der Waals surface area contributed by atoms with Crippen molar-refractivity contribution in [2.75, 3.05) is 37.4 Å². The van der Waals surface area contributed by atoms with Crippen LogP contribution >= 0.6 is 15.9 Å².